The van der Waals surface area contributed by atoms with Gasteiger partial charge in [-0.25, -0.2) is 0 Å². The van der Waals surface area contributed by atoms with Gasteiger partial charge in [-0.15, -0.1) is 0 Å². The standard InChI is InChI=1S/C17H16N2O/c1-12(18)15-7-3-5-9-17(15)20-14-10-13-6-2-4-8-16(13)19-11-14/h2-12H,18H2,1H3. The number of rotatable bonds is 3. The normalized spacial score (nSPS) is 12.3. The lowest BCUT2D eigenvalue weighted by molar-refractivity contribution is 0.471. The van der Waals surface area contributed by atoms with Gasteiger partial charge in [0.2, 0.25) is 0 Å². The monoisotopic (exact) mass is 264 g/mol. The number of nitrogens with two attached hydrogens (primary N) is 1. The highest BCUT2D eigenvalue weighted by Crippen LogP contribution is 2.29. The maximum absolute atomic E-state index is 5.96. The Morgan fingerprint density at radius 2 is 1.80 bits per heavy atom. The molecule has 20 heavy (non-hydrogen) atoms. The second-order valence-electron chi connectivity index (χ2n) is 4.79. The molecule has 0 aliphatic heterocycles. The smallest absolute Gasteiger partial charge is 0.146 e. The van der Waals surface area contributed by atoms with Gasteiger partial charge in [0.1, 0.15) is 11.5 Å². The van der Waals surface area contributed by atoms with Gasteiger partial charge in [0.15, 0.2) is 0 Å². The third-order valence-electron chi connectivity index (χ3n) is 3.20. The Labute approximate surface area is 118 Å². The Bertz CT molecular complexity index is 738. The van der Waals surface area contributed by atoms with Crippen LogP contribution in [0.1, 0.15) is 18.5 Å². The summed E-state index contributed by atoms with van der Waals surface area (Å²) in [5.41, 5.74) is 7.91. The quantitative estimate of drug-likeness (QED) is 0.776. The fourth-order valence-corrected chi connectivity index (χ4v) is 2.18. The van der Waals surface area contributed by atoms with Crippen molar-refractivity contribution in [2.75, 3.05) is 0 Å². The predicted molar refractivity (Wildman–Crippen MR) is 80.9 cm³/mol. The van der Waals surface area contributed by atoms with E-state index in [0.29, 0.717) is 0 Å². The van der Waals surface area contributed by atoms with Crippen LogP contribution in [0, 0.1) is 0 Å². The van der Waals surface area contributed by atoms with Crippen LogP contribution in [0.2, 0.25) is 0 Å². The fourth-order valence-electron chi connectivity index (χ4n) is 2.18. The zero-order valence-corrected chi connectivity index (χ0v) is 11.3. The van der Waals surface area contributed by atoms with Gasteiger partial charge >= 0.3 is 0 Å². The van der Waals surface area contributed by atoms with Gasteiger partial charge in [-0.05, 0) is 25.1 Å². The summed E-state index contributed by atoms with van der Waals surface area (Å²) in [5.74, 6) is 1.50. The van der Waals surface area contributed by atoms with Crippen LogP contribution in [-0.4, -0.2) is 4.98 Å². The first kappa shape index (κ1) is 12.6. The molecule has 0 saturated carbocycles. The molecule has 1 unspecified atom stereocenters. The van der Waals surface area contributed by atoms with E-state index in [1.165, 1.54) is 0 Å². The van der Waals surface area contributed by atoms with Crippen LogP contribution >= 0.6 is 0 Å². The molecular weight excluding hydrogens is 248 g/mol. The summed E-state index contributed by atoms with van der Waals surface area (Å²) in [6, 6.07) is 17.7. The average Bonchev–Trinajstić information content (AvgIpc) is 2.47. The van der Waals surface area contributed by atoms with Crippen molar-refractivity contribution in [3.05, 3.63) is 66.4 Å². The highest BCUT2D eigenvalue weighted by atomic mass is 16.5. The summed E-state index contributed by atoms with van der Waals surface area (Å²) in [6.07, 6.45) is 1.74. The Balaban J connectivity index is 1.97. The fraction of sp³-hybridized carbons (Fsp3) is 0.118. The van der Waals surface area contributed by atoms with E-state index >= 15 is 0 Å². The van der Waals surface area contributed by atoms with E-state index in [9.17, 15) is 0 Å². The minimum atomic E-state index is -0.0698. The number of nitrogens with zero attached hydrogens (tertiary/aromatic N) is 1. The van der Waals surface area contributed by atoms with Crippen LogP contribution in [0.3, 0.4) is 0 Å². The minimum absolute atomic E-state index is 0.0698. The summed E-state index contributed by atoms with van der Waals surface area (Å²) in [5, 5.41) is 1.06. The molecule has 1 aromatic heterocycles. The Hall–Kier alpha value is -2.39. The molecule has 3 heteroatoms. The van der Waals surface area contributed by atoms with E-state index in [-0.39, 0.29) is 6.04 Å². The molecule has 0 amide bonds. The number of ether oxygens (including phenoxy) is 1. The van der Waals surface area contributed by atoms with Gasteiger partial charge in [-0.2, -0.15) is 0 Å². The maximum atomic E-state index is 5.96. The lowest BCUT2D eigenvalue weighted by Crippen LogP contribution is -2.06. The number of hydrogen-bond acceptors (Lipinski definition) is 3. The van der Waals surface area contributed by atoms with Crippen LogP contribution in [0.15, 0.2) is 60.8 Å². The molecule has 100 valence electrons. The Morgan fingerprint density at radius 3 is 2.65 bits per heavy atom. The lowest BCUT2D eigenvalue weighted by Gasteiger charge is -2.13. The zero-order chi connectivity index (χ0) is 13.9. The second-order valence-corrected chi connectivity index (χ2v) is 4.79. The molecule has 0 bridgehead atoms. The molecule has 0 saturated heterocycles. The molecule has 1 heterocycles. The van der Waals surface area contributed by atoms with E-state index in [2.05, 4.69) is 4.98 Å². The van der Waals surface area contributed by atoms with Crippen molar-refractivity contribution in [2.24, 2.45) is 5.73 Å². The first-order valence-electron chi connectivity index (χ1n) is 6.61. The van der Waals surface area contributed by atoms with Crippen molar-refractivity contribution in [3.8, 4) is 11.5 Å². The molecule has 0 radical (unpaired) electrons. The average molecular weight is 264 g/mol. The number of fused-ring (bicyclic) bond motifs is 1. The zero-order valence-electron chi connectivity index (χ0n) is 11.3. The SMILES string of the molecule is CC(N)c1ccccc1Oc1cnc2ccccc2c1. The largest absolute Gasteiger partial charge is 0.455 e. The summed E-state index contributed by atoms with van der Waals surface area (Å²) < 4.78 is 5.94. The van der Waals surface area contributed by atoms with Gasteiger partial charge < -0.3 is 10.5 Å². The lowest BCUT2D eigenvalue weighted by atomic mass is 10.1. The molecule has 3 nitrogen and oxygen atoms in total. The van der Waals surface area contributed by atoms with E-state index in [4.69, 9.17) is 10.5 Å². The Morgan fingerprint density at radius 1 is 1.05 bits per heavy atom. The summed E-state index contributed by atoms with van der Waals surface area (Å²) in [4.78, 5) is 4.40. The van der Waals surface area contributed by atoms with Crippen LogP contribution < -0.4 is 10.5 Å². The molecular formula is C17H16N2O. The van der Waals surface area contributed by atoms with Gasteiger partial charge in [0.25, 0.3) is 0 Å². The van der Waals surface area contributed by atoms with E-state index in [1.54, 1.807) is 6.20 Å². The van der Waals surface area contributed by atoms with Crippen LogP contribution in [-0.2, 0) is 0 Å². The van der Waals surface area contributed by atoms with Gasteiger partial charge in [-0.1, -0.05) is 36.4 Å². The number of hydrogen-bond donors (Lipinski definition) is 1. The third-order valence-corrected chi connectivity index (χ3v) is 3.20. The van der Waals surface area contributed by atoms with E-state index in [1.807, 2.05) is 61.5 Å². The Kier molecular flexibility index (Phi) is 3.35. The van der Waals surface area contributed by atoms with Gasteiger partial charge in [-0.3, -0.25) is 4.98 Å². The molecule has 0 aliphatic rings. The predicted octanol–water partition coefficient (Wildman–Crippen LogP) is 4.05. The summed E-state index contributed by atoms with van der Waals surface area (Å²) >= 11 is 0. The molecule has 1 atom stereocenters. The van der Waals surface area contributed by atoms with E-state index < -0.39 is 0 Å². The van der Waals surface area contributed by atoms with Crippen molar-refractivity contribution in [3.63, 3.8) is 0 Å². The van der Waals surface area contributed by atoms with Crippen LogP contribution in [0.25, 0.3) is 10.9 Å². The van der Waals surface area contributed by atoms with Crippen molar-refractivity contribution >= 4 is 10.9 Å². The van der Waals surface area contributed by atoms with Crippen molar-refractivity contribution < 1.29 is 4.74 Å². The highest BCUT2D eigenvalue weighted by Gasteiger charge is 2.08. The molecule has 3 rings (SSSR count). The summed E-state index contributed by atoms with van der Waals surface area (Å²) in [7, 11) is 0. The topological polar surface area (TPSA) is 48.1 Å². The maximum Gasteiger partial charge on any atom is 0.146 e. The first-order valence-corrected chi connectivity index (χ1v) is 6.61. The van der Waals surface area contributed by atoms with E-state index in [0.717, 1.165) is 28.0 Å². The number of pyridine rings is 1. The molecule has 2 aromatic carbocycles. The molecule has 2 N–H and O–H groups in total. The second kappa shape index (κ2) is 5.31. The van der Waals surface area contributed by atoms with Crippen molar-refractivity contribution in [1.29, 1.82) is 0 Å². The van der Waals surface area contributed by atoms with Crippen molar-refractivity contribution in [2.45, 2.75) is 13.0 Å². The molecule has 0 fully saturated rings. The minimum Gasteiger partial charge on any atom is -0.455 e. The van der Waals surface area contributed by atoms with Crippen LogP contribution in [0.4, 0.5) is 0 Å². The van der Waals surface area contributed by atoms with Crippen molar-refractivity contribution in [1.82, 2.24) is 4.98 Å². The third kappa shape index (κ3) is 2.49. The van der Waals surface area contributed by atoms with Gasteiger partial charge in [0, 0.05) is 17.0 Å². The molecule has 3 aromatic rings. The molecule has 0 aliphatic carbocycles. The number of aromatic nitrogens is 1. The number of para-hydroxylation sites is 2. The van der Waals surface area contributed by atoms with Gasteiger partial charge in [0.05, 0.1) is 11.7 Å². The number of benzene rings is 2. The first-order chi connectivity index (χ1) is 9.74. The molecule has 0 spiro atoms. The summed E-state index contributed by atoms with van der Waals surface area (Å²) in [6.45, 7) is 1.95. The highest BCUT2D eigenvalue weighted by molar-refractivity contribution is 5.79. The van der Waals surface area contributed by atoms with Crippen LogP contribution in [0.5, 0.6) is 11.5 Å².